The molecule has 0 aliphatic heterocycles. The average molecular weight is 241 g/mol. The second-order valence-electron chi connectivity index (χ2n) is 2.64. The van der Waals surface area contributed by atoms with E-state index in [1.807, 2.05) is 0 Å². The first-order chi connectivity index (χ1) is 6.86. The molecule has 0 aliphatic rings. The molecule has 84 valence electrons. The van der Waals surface area contributed by atoms with E-state index in [0.717, 1.165) is 0 Å². The fourth-order valence-electron chi connectivity index (χ4n) is 0.935. The molecule has 7 heteroatoms. The van der Waals surface area contributed by atoms with Crippen LogP contribution in [0.15, 0.2) is 6.07 Å². The molecule has 2 N–H and O–H groups in total. The van der Waals surface area contributed by atoms with Gasteiger partial charge in [0, 0.05) is 0 Å². The second kappa shape index (κ2) is 4.14. The van der Waals surface area contributed by atoms with Crippen LogP contribution >= 0.6 is 11.6 Å². The number of halogens is 4. The van der Waals surface area contributed by atoms with Crippen LogP contribution in [0, 0.1) is 0 Å². The number of nitrogen functional groups attached to an aromatic ring is 1. The summed E-state index contributed by atoms with van der Waals surface area (Å²) in [6, 6.07) is 0.703. The van der Waals surface area contributed by atoms with Crippen LogP contribution in [0.25, 0.3) is 0 Å². The van der Waals surface area contributed by atoms with E-state index in [0.29, 0.717) is 6.07 Å². The van der Waals surface area contributed by atoms with Gasteiger partial charge in [0.2, 0.25) is 5.88 Å². The highest BCUT2D eigenvalue weighted by atomic mass is 35.5. The quantitative estimate of drug-likeness (QED) is 0.865. The van der Waals surface area contributed by atoms with Gasteiger partial charge in [-0.2, -0.15) is 18.2 Å². The minimum atomic E-state index is -4.56. The Labute approximate surface area is 89.0 Å². The molecule has 1 heterocycles. The summed E-state index contributed by atoms with van der Waals surface area (Å²) in [5.41, 5.74) is 4.25. The third-order valence-electron chi connectivity index (χ3n) is 1.55. The largest absolute Gasteiger partial charge is 0.477 e. The lowest BCUT2D eigenvalue weighted by Gasteiger charge is -2.13. The van der Waals surface area contributed by atoms with Gasteiger partial charge in [-0.3, -0.25) is 0 Å². The summed E-state index contributed by atoms with van der Waals surface area (Å²) in [5.74, 6) is -0.736. The molecule has 3 nitrogen and oxygen atoms in total. The Bertz CT molecular complexity index is 368. The van der Waals surface area contributed by atoms with Crippen molar-refractivity contribution in [2.45, 2.75) is 13.1 Å². The first kappa shape index (κ1) is 11.9. The van der Waals surface area contributed by atoms with Crippen LogP contribution in [-0.4, -0.2) is 11.6 Å². The van der Waals surface area contributed by atoms with E-state index in [2.05, 4.69) is 4.98 Å². The first-order valence-electron chi connectivity index (χ1n) is 4.02. The van der Waals surface area contributed by atoms with Gasteiger partial charge < -0.3 is 10.5 Å². The zero-order valence-corrected chi connectivity index (χ0v) is 8.49. The molecule has 0 aliphatic carbocycles. The van der Waals surface area contributed by atoms with Gasteiger partial charge >= 0.3 is 6.18 Å². The van der Waals surface area contributed by atoms with Gasteiger partial charge in [0.05, 0.1) is 11.6 Å². The van der Waals surface area contributed by atoms with Crippen molar-refractivity contribution in [2.24, 2.45) is 0 Å². The van der Waals surface area contributed by atoms with Crippen molar-refractivity contribution in [1.82, 2.24) is 4.98 Å². The zero-order chi connectivity index (χ0) is 11.6. The molecule has 1 aromatic rings. The number of nitrogens with zero attached hydrogens (tertiary/aromatic N) is 1. The smallest absolute Gasteiger partial charge is 0.421 e. The molecule has 0 bridgehead atoms. The second-order valence-corrected chi connectivity index (χ2v) is 3.05. The monoisotopic (exact) mass is 240 g/mol. The van der Waals surface area contributed by atoms with Gasteiger partial charge in [0.1, 0.15) is 11.4 Å². The van der Waals surface area contributed by atoms with Crippen molar-refractivity contribution < 1.29 is 17.9 Å². The molecule has 0 saturated carbocycles. The number of pyridine rings is 1. The summed E-state index contributed by atoms with van der Waals surface area (Å²) in [6.07, 6.45) is -4.56. The maximum atomic E-state index is 12.5. The Kier molecular flexibility index (Phi) is 3.28. The highest BCUT2D eigenvalue weighted by Crippen LogP contribution is 2.38. The molecule has 0 fully saturated rings. The lowest BCUT2D eigenvalue weighted by atomic mass is 10.2. The molecule has 0 radical (unpaired) electrons. The van der Waals surface area contributed by atoms with Gasteiger partial charge in [-0.15, -0.1) is 0 Å². The number of nitrogens with two attached hydrogens (primary N) is 1. The van der Waals surface area contributed by atoms with E-state index in [1.54, 1.807) is 6.92 Å². The molecule has 0 amide bonds. The van der Waals surface area contributed by atoms with Crippen molar-refractivity contribution in [3.05, 3.63) is 16.7 Å². The highest BCUT2D eigenvalue weighted by molar-refractivity contribution is 6.32. The summed E-state index contributed by atoms with van der Waals surface area (Å²) in [5, 5.41) is -0.245. The lowest BCUT2D eigenvalue weighted by molar-refractivity contribution is -0.139. The average Bonchev–Trinajstić information content (AvgIpc) is 2.09. The summed E-state index contributed by atoms with van der Waals surface area (Å²) in [7, 11) is 0. The number of ether oxygens (including phenoxy) is 1. The number of hydrogen-bond acceptors (Lipinski definition) is 3. The van der Waals surface area contributed by atoms with Gasteiger partial charge in [0.15, 0.2) is 0 Å². The molecule has 0 saturated heterocycles. The Morgan fingerprint density at radius 2 is 2.13 bits per heavy atom. The topological polar surface area (TPSA) is 48.1 Å². The fraction of sp³-hybridized carbons (Fsp3) is 0.375. The summed E-state index contributed by atoms with van der Waals surface area (Å²) < 4.78 is 42.1. The van der Waals surface area contributed by atoms with Gasteiger partial charge in [-0.1, -0.05) is 11.6 Å². The van der Waals surface area contributed by atoms with Crippen molar-refractivity contribution in [3.63, 3.8) is 0 Å². The minimum Gasteiger partial charge on any atom is -0.477 e. The predicted molar refractivity (Wildman–Crippen MR) is 49.8 cm³/mol. The summed E-state index contributed by atoms with van der Waals surface area (Å²) >= 11 is 5.45. The van der Waals surface area contributed by atoms with Crippen molar-refractivity contribution in [3.8, 4) is 5.88 Å². The van der Waals surface area contributed by atoms with E-state index in [9.17, 15) is 13.2 Å². The predicted octanol–water partition coefficient (Wildman–Crippen LogP) is 2.73. The number of rotatable bonds is 2. The van der Waals surface area contributed by atoms with Crippen molar-refractivity contribution in [1.29, 1.82) is 0 Å². The highest BCUT2D eigenvalue weighted by Gasteiger charge is 2.36. The first-order valence-corrected chi connectivity index (χ1v) is 4.40. The normalized spacial score (nSPS) is 11.5. The van der Waals surface area contributed by atoms with E-state index in [-0.39, 0.29) is 17.4 Å². The van der Waals surface area contributed by atoms with Crippen LogP contribution in [0.1, 0.15) is 12.5 Å². The van der Waals surface area contributed by atoms with Crippen LogP contribution in [0.4, 0.5) is 19.0 Å². The van der Waals surface area contributed by atoms with Gasteiger partial charge in [-0.25, -0.2) is 0 Å². The SMILES string of the molecule is CCOc1nc(N)c(Cl)cc1C(F)(F)F. The van der Waals surface area contributed by atoms with Crippen LogP contribution in [0.5, 0.6) is 5.88 Å². The van der Waals surface area contributed by atoms with Crippen LogP contribution in [0.2, 0.25) is 5.02 Å². The molecule has 1 aromatic heterocycles. The Morgan fingerprint density at radius 1 is 1.53 bits per heavy atom. The third kappa shape index (κ3) is 2.65. The Hall–Kier alpha value is -1.17. The van der Waals surface area contributed by atoms with E-state index >= 15 is 0 Å². The maximum absolute atomic E-state index is 12.5. The van der Waals surface area contributed by atoms with Crippen molar-refractivity contribution >= 4 is 17.4 Å². The van der Waals surface area contributed by atoms with Gasteiger partial charge in [0.25, 0.3) is 0 Å². The molecule has 0 atom stereocenters. The molecular weight excluding hydrogens is 233 g/mol. The van der Waals surface area contributed by atoms with E-state index < -0.39 is 17.6 Å². The van der Waals surface area contributed by atoms with E-state index in [1.165, 1.54) is 0 Å². The number of alkyl halides is 3. The Morgan fingerprint density at radius 3 is 2.60 bits per heavy atom. The molecule has 1 rings (SSSR count). The minimum absolute atomic E-state index is 0.0666. The standard InChI is InChI=1S/C8H8ClF3N2O/c1-2-15-7-4(8(10,11)12)3-5(9)6(13)14-7/h3H,2H2,1H3,(H2,13,14). The summed E-state index contributed by atoms with van der Waals surface area (Å²) in [6.45, 7) is 1.61. The van der Waals surface area contributed by atoms with Crippen LogP contribution in [-0.2, 0) is 6.18 Å². The number of hydrogen-bond donors (Lipinski definition) is 1. The van der Waals surface area contributed by atoms with Crippen molar-refractivity contribution in [2.75, 3.05) is 12.3 Å². The lowest BCUT2D eigenvalue weighted by Crippen LogP contribution is -2.11. The Balaban J connectivity index is 3.28. The van der Waals surface area contributed by atoms with Gasteiger partial charge in [-0.05, 0) is 13.0 Å². The molecule has 0 aromatic carbocycles. The zero-order valence-electron chi connectivity index (χ0n) is 7.73. The molecular formula is C8H8ClF3N2O. The maximum Gasteiger partial charge on any atom is 0.421 e. The fourth-order valence-corrected chi connectivity index (χ4v) is 1.09. The molecule has 15 heavy (non-hydrogen) atoms. The van der Waals surface area contributed by atoms with Crippen LogP contribution in [0.3, 0.4) is 0 Å². The van der Waals surface area contributed by atoms with Crippen LogP contribution < -0.4 is 10.5 Å². The summed E-state index contributed by atoms with van der Waals surface area (Å²) in [4.78, 5) is 3.43. The molecule has 0 unspecified atom stereocenters. The third-order valence-corrected chi connectivity index (χ3v) is 1.86. The number of aromatic nitrogens is 1. The van der Waals surface area contributed by atoms with E-state index in [4.69, 9.17) is 22.1 Å². The molecule has 0 spiro atoms. The number of anilines is 1.